The molecule has 0 atom stereocenters. The van der Waals surface area contributed by atoms with Gasteiger partial charge in [-0.15, -0.1) is 0 Å². The maximum atomic E-state index is 8.84. The number of ether oxygens (including phenoxy) is 1. The van der Waals surface area contributed by atoms with Crippen molar-refractivity contribution in [2.45, 2.75) is 13.8 Å². The van der Waals surface area contributed by atoms with E-state index in [0.29, 0.717) is 5.56 Å². The average Bonchev–Trinajstić information content (AvgIpc) is 2.29. The van der Waals surface area contributed by atoms with E-state index in [0.717, 1.165) is 22.6 Å². The molecule has 0 fully saturated rings. The third kappa shape index (κ3) is 2.64. The van der Waals surface area contributed by atoms with Crippen LogP contribution in [0.2, 0.25) is 0 Å². The number of rotatable bonds is 2. The molecule has 0 aliphatic heterocycles. The summed E-state index contributed by atoms with van der Waals surface area (Å²) in [5.41, 5.74) is 2.77. The van der Waals surface area contributed by atoms with E-state index in [2.05, 4.69) is 6.07 Å². The van der Waals surface area contributed by atoms with Crippen LogP contribution < -0.4 is 4.74 Å². The van der Waals surface area contributed by atoms with Crippen LogP contribution in [-0.2, 0) is 0 Å². The fourth-order valence-corrected chi connectivity index (χ4v) is 1.64. The van der Waals surface area contributed by atoms with Gasteiger partial charge < -0.3 is 4.74 Å². The summed E-state index contributed by atoms with van der Waals surface area (Å²) < 4.78 is 5.73. The Morgan fingerprint density at radius 3 is 2.41 bits per heavy atom. The van der Waals surface area contributed by atoms with Gasteiger partial charge in [-0.25, -0.2) is 0 Å². The molecule has 84 valence electrons. The lowest BCUT2D eigenvalue weighted by molar-refractivity contribution is 0.482. The summed E-state index contributed by atoms with van der Waals surface area (Å²) in [6.45, 7) is 3.93. The average molecular weight is 223 g/mol. The second-order valence-corrected chi connectivity index (χ2v) is 4.01. The van der Waals surface area contributed by atoms with Crippen molar-refractivity contribution >= 4 is 0 Å². The minimum Gasteiger partial charge on any atom is -0.457 e. The lowest BCUT2D eigenvalue weighted by Gasteiger charge is -2.07. The fourth-order valence-electron chi connectivity index (χ4n) is 1.64. The maximum absolute atomic E-state index is 8.84. The molecule has 2 aromatic rings. The zero-order valence-corrected chi connectivity index (χ0v) is 9.90. The van der Waals surface area contributed by atoms with Crippen LogP contribution in [0.4, 0.5) is 0 Å². The van der Waals surface area contributed by atoms with Crippen molar-refractivity contribution in [2.24, 2.45) is 0 Å². The van der Waals surface area contributed by atoms with E-state index in [4.69, 9.17) is 10.00 Å². The lowest BCUT2D eigenvalue weighted by Crippen LogP contribution is -1.87. The highest BCUT2D eigenvalue weighted by Gasteiger charge is 2.01. The van der Waals surface area contributed by atoms with E-state index in [9.17, 15) is 0 Å². The number of nitrogens with zero attached hydrogens (tertiary/aromatic N) is 1. The lowest BCUT2D eigenvalue weighted by atomic mass is 10.1. The number of hydrogen-bond acceptors (Lipinski definition) is 2. The van der Waals surface area contributed by atoms with Crippen molar-refractivity contribution in [3.8, 4) is 17.6 Å². The van der Waals surface area contributed by atoms with Crippen LogP contribution in [0.3, 0.4) is 0 Å². The van der Waals surface area contributed by atoms with Crippen molar-refractivity contribution in [1.29, 1.82) is 5.26 Å². The van der Waals surface area contributed by atoms with Gasteiger partial charge in [-0.05, 0) is 55.3 Å². The number of hydrogen-bond donors (Lipinski definition) is 0. The van der Waals surface area contributed by atoms with Gasteiger partial charge in [0.1, 0.15) is 11.5 Å². The molecule has 0 aliphatic carbocycles. The van der Waals surface area contributed by atoms with Gasteiger partial charge in [-0.2, -0.15) is 5.26 Å². The van der Waals surface area contributed by atoms with Crippen LogP contribution >= 0.6 is 0 Å². The van der Waals surface area contributed by atoms with E-state index in [-0.39, 0.29) is 0 Å². The summed E-state index contributed by atoms with van der Waals surface area (Å²) in [5.74, 6) is 1.57. The summed E-state index contributed by atoms with van der Waals surface area (Å²) >= 11 is 0. The van der Waals surface area contributed by atoms with Crippen LogP contribution in [0.25, 0.3) is 0 Å². The molecule has 0 saturated heterocycles. The Labute approximate surface area is 101 Å². The molecular weight excluding hydrogens is 210 g/mol. The molecule has 2 rings (SSSR count). The summed E-state index contributed by atoms with van der Waals surface area (Å²) in [4.78, 5) is 0. The number of aryl methyl sites for hydroxylation is 2. The molecule has 0 aliphatic rings. The van der Waals surface area contributed by atoms with Crippen molar-refractivity contribution in [2.75, 3.05) is 0 Å². The Kier molecular flexibility index (Phi) is 3.11. The first-order valence-corrected chi connectivity index (χ1v) is 5.44. The normalized spacial score (nSPS) is 9.71. The first kappa shape index (κ1) is 11.2. The Balaban J connectivity index is 2.25. The van der Waals surface area contributed by atoms with Gasteiger partial charge in [0.15, 0.2) is 0 Å². The maximum Gasteiger partial charge on any atom is 0.127 e. The van der Waals surface area contributed by atoms with E-state index in [1.165, 1.54) is 0 Å². The SMILES string of the molecule is Cc1cccc(Oc2ccc(C#N)c(C)c2)c1. The number of benzene rings is 2. The van der Waals surface area contributed by atoms with Crippen molar-refractivity contribution in [1.82, 2.24) is 0 Å². The molecule has 0 unspecified atom stereocenters. The third-order valence-corrected chi connectivity index (χ3v) is 2.54. The van der Waals surface area contributed by atoms with Crippen molar-refractivity contribution in [3.63, 3.8) is 0 Å². The Hall–Kier alpha value is -2.27. The highest BCUT2D eigenvalue weighted by atomic mass is 16.5. The number of nitriles is 1. The van der Waals surface area contributed by atoms with E-state index >= 15 is 0 Å². The molecule has 2 heteroatoms. The van der Waals surface area contributed by atoms with Crippen molar-refractivity contribution < 1.29 is 4.74 Å². The summed E-state index contributed by atoms with van der Waals surface area (Å²) in [5, 5.41) is 8.84. The summed E-state index contributed by atoms with van der Waals surface area (Å²) in [6, 6.07) is 15.5. The molecule has 0 amide bonds. The second-order valence-electron chi connectivity index (χ2n) is 4.01. The quantitative estimate of drug-likeness (QED) is 0.771. The van der Waals surface area contributed by atoms with Crippen LogP contribution in [0.1, 0.15) is 16.7 Å². The van der Waals surface area contributed by atoms with Gasteiger partial charge in [-0.1, -0.05) is 12.1 Å². The van der Waals surface area contributed by atoms with E-state index in [1.54, 1.807) is 6.07 Å². The van der Waals surface area contributed by atoms with Gasteiger partial charge in [0.25, 0.3) is 0 Å². The summed E-state index contributed by atoms with van der Waals surface area (Å²) in [6.07, 6.45) is 0. The third-order valence-electron chi connectivity index (χ3n) is 2.54. The molecule has 2 nitrogen and oxygen atoms in total. The molecule has 0 aromatic heterocycles. The molecule has 0 heterocycles. The van der Waals surface area contributed by atoms with Gasteiger partial charge in [-0.3, -0.25) is 0 Å². The highest BCUT2D eigenvalue weighted by molar-refractivity contribution is 5.43. The van der Waals surface area contributed by atoms with Gasteiger partial charge in [0.05, 0.1) is 11.6 Å². The molecule has 2 aromatic carbocycles. The van der Waals surface area contributed by atoms with Crippen LogP contribution in [-0.4, -0.2) is 0 Å². The molecular formula is C15H13NO. The first-order chi connectivity index (χ1) is 8.19. The molecule has 0 radical (unpaired) electrons. The highest BCUT2D eigenvalue weighted by Crippen LogP contribution is 2.24. The first-order valence-electron chi connectivity index (χ1n) is 5.44. The van der Waals surface area contributed by atoms with E-state index < -0.39 is 0 Å². The monoisotopic (exact) mass is 223 g/mol. The molecule has 0 bridgehead atoms. The van der Waals surface area contributed by atoms with Crippen LogP contribution in [0.15, 0.2) is 42.5 Å². The zero-order valence-electron chi connectivity index (χ0n) is 9.90. The predicted octanol–water partition coefficient (Wildman–Crippen LogP) is 3.97. The van der Waals surface area contributed by atoms with Gasteiger partial charge >= 0.3 is 0 Å². The van der Waals surface area contributed by atoms with E-state index in [1.807, 2.05) is 50.2 Å². The second kappa shape index (κ2) is 4.71. The predicted molar refractivity (Wildman–Crippen MR) is 67.1 cm³/mol. The van der Waals surface area contributed by atoms with Crippen molar-refractivity contribution in [3.05, 3.63) is 59.2 Å². The Bertz CT molecular complexity index is 582. The molecule has 0 N–H and O–H groups in total. The minimum atomic E-state index is 0.682. The Morgan fingerprint density at radius 1 is 1.00 bits per heavy atom. The standard InChI is InChI=1S/C15H13NO/c1-11-4-3-5-14(8-11)17-15-7-6-13(10-16)12(2)9-15/h3-9H,1-2H3. The summed E-state index contributed by atoms with van der Waals surface area (Å²) in [7, 11) is 0. The fraction of sp³-hybridized carbons (Fsp3) is 0.133. The largest absolute Gasteiger partial charge is 0.457 e. The Morgan fingerprint density at radius 2 is 1.76 bits per heavy atom. The van der Waals surface area contributed by atoms with Gasteiger partial charge in [0.2, 0.25) is 0 Å². The topological polar surface area (TPSA) is 33.0 Å². The zero-order chi connectivity index (χ0) is 12.3. The van der Waals surface area contributed by atoms with Gasteiger partial charge in [0, 0.05) is 0 Å². The molecule has 17 heavy (non-hydrogen) atoms. The molecule has 0 saturated carbocycles. The van der Waals surface area contributed by atoms with Crippen LogP contribution in [0, 0.1) is 25.2 Å². The smallest absolute Gasteiger partial charge is 0.127 e. The van der Waals surface area contributed by atoms with Crippen LogP contribution in [0.5, 0.6) is 11.5 Å². The molecule has 0 spiro atoms. The minimum absolute atomic E-state index is 0.682.